The Morgan fingerprint density at radius 2 is 0.750 bits per heavy atom. The van der Waals surface area contributed by atoms with Crippen LogP contribution in [0.15, 0.2) is 0 Å². The summed E-state index contributed by atoms with van der Waals surface area (Å²) >= 11 is 0. The van der Waals surface area contributed by atoms with Crippen molar-refractivity contribution in [2.45, 2.75) is 85.3 Å². The van der Waals surface area contributed by atoms with E-state index in [0.29, 0.717) is 30.0 Å². The van der Waals surface area contributed by atoms with E-state index in [0.717, 1.165) is 0 Å². The topological polar surface area (TPSA) is 6.48 Å². The molecule has 0 aliphatic rings. The largest absolute Gasteiger partial charge is 0.287 e. The second kappa shape index (κ2) is 6.77. The minimum Gasteiger partial charge on any atom is -0.287 e. The number of hydrogen-bond acceptors (Lipinski definition) is 2. The molecule has 0 heterocycles. The van der Waals surface area contributed by atoms with Crippen LogP contribution < -0.4 is 0 Å². The first kappa shape index (κ1) is 16.1. The van der Waals surface area contributed by atoms with Crippen LogP contribution in [0.25, 0.3) is 0 Å². The van der Waals surface area contributed by atoms with Gasteiger partial charge in [-0.15, -0.1) is 0 Å². The summed E-state index contributed by atoms with van der Waals surface area (Å²) in [5, 5.41) is 0. The van der Waals surface area contributed by atoms with Gasteiger partial charge in [0, 0.05) is 40.2 Å². The molecule has 0 aliphatic carbocycles. The smallest absolute Gasteiger partial charge is 0.0429 e. The highest BCUT2D eigenvalue weighted by atomic mass is 28.1. The summed E-state index contributed by atoms with van der Waals surface area (Å²) in [5.41, 5.74) is 0. The lowest BCUT2D eigenvalue weighted by Crippen LogP contribution is -2.58. The molecular formula is C13H32N2Si. The Morgan fingerprint density at radius 3 is 0.875 bits per heavy atom. The Morgan fingerprint density at radius 1 is 0.562 bits per heavy atom. The molecule has 0 fully saturated rings. The summed E-state index contributed by atoms with van der Waals surface area (Å²) in [7, 11) is 1.20. The Balaban J connectivity index is 4.88. The van der Waals surface area contributed by atoms with Crippen molar-refractivity contribution in [1.82, 2.24) is 9.80 Å². The van der Waals surface area contributed by atoms with Crippen LogP contribution in [0, 0.1) is 0 Å². The monoisotopic (exact) mass is 244 g/mol. The fourth-order valence-electron chi connectivity index (χ4n) is 3.07. The number of nitrogens with zero attached hydrogens (tertiary/aromatic N) is 2. The van der Waals surface area contributed by atoms with Crippen molar-refractivity contribution in [3.05, 3.63) is 0 Å². The molecule has 16 heavy (non-hydrogen) atoms. The summed E-state index contributed by atoms with van der Waals surface area (Å²) in [6, 6.07) is 2.51. The van der Waals surface area contributed by atoms with Gasteiger partial charge in [0.25, 0.3) is 0 Å². The van der Waals surface area contributed by atoms with Gasteiger partial charge in [-0.25, -0.2) is 0 Å². The van der Waals surface area contributed by atoms with Gasteiger partial charge in [0.2, 0.25) is 0 Å². The predicted octanol–water partition coefficient (Wildman–Crippen LogP) is 1.87. The normalized spacial score (nSPS) is 13.7. The highest BCUT2D eigenvalue weighted by Gasteiger charge is 2.28. The van der Waals surface area contributed by atoms with Crippen molar-refractivity contribution in [1.29, 1.82) is 0 Å². The molecule has 0 bridgehead atoms. The molecule has 0 aromatic carbocycles. The first-order valence-electron chi connectivity index (χ1n) is 6.75. The maximum absolute atomic E-state index is 2.65. The van der Waals surface area contributed by atoms with E-state index in [9.17, 15) is 0 Å². The molecule has 2 nitrogen and oxygen atoms in total. The van der Waals surface area contributed by atoms with E-state index in [1.807, 2.05) is 0 Å². The van der Waals surface area contributed by atoms with Gasteiger partial charge in [-0.05, 0) is 55.4 Å². The van der Waals surface area contributed by atoms with Crippen molar-refractivity contribution < 1.29 is 0 Å². The number of rotatable bonds is 6. The van der Waals surface area contributed by atoms with Gasteiger partial charge >= 0.3 is 0 Å². The molecule has 0 saturated carbocycles. The highest BCUT2D eigenvalue weighted by molar-refractivity contribution is 6.11. The quantitative estimate of drug-likeness (QED) is 0.520. The highest BCUT2D eigenvalue weighted by Crippen LogP contribution is 2.17. The molecule has 3 heteroatoms. The summed E-state index contributed by atoms with van der Waals surface area (Å²) < 4.78 is 0. The molecule has 0 amide bonds. The van der Waals surface area contributed by atoms with E-state index in [1.54, 1.807) is 0 Å². The van der Waals surface area contributed by atoms with Crippen molar-refractivity contribution >= 4 is 10.2 Å². The van der Waals surface area contributed by atoms with Crippen LogP contribution in [0.1, 0.15) is 55.4 Å². The zero-order valence-electron chi connectivity index (χ0n) is 12.8. The van der Waals surface area contributed by atoms with Crippen LogP contribution in [-0.4, -0.2) is 50.0 Å². The molecule has 0 spiro atoms. The predicted molar refractivity (Wildman–Crippen MR) is 77.9 cm³/mol. The van der Waals surface area contributed by atoms with Gasteiger partial charge < -0.3 is 0 Å². The molecular weight excluding hydrogens is 212 g/mol. The third kappa shape index (κ3) is 4.19. The maximum Gasteiger partial charge on any atom is 0.0429 e. The summed E-state index contributed by atoms with van der Waals surface area (Å²) in [6.45, 7) is 18.5. The summed E-state index contributed by atoms with van der Waals surface area (Å²) in [4.78, 5) is 5.29. The van der Waals surface area contributed by atoms with E-state index in [4.69, 9.17) is 0 Å². The third-order valence-corrected chi connectivity index (χ3v) is 4.44. The molecule has 0 atom stereocenters. The molecule has 0 unspecified atom stereocenters. The SMILES string of the molecule is CC(C)N(C(C)C)C([SiH3])N(C(C)C)C(C)C. The average molecular weight is 244 g/mol. The standard InChI is InChI=1S/C13H32N2Si/c1-9(2)14(10(3)4)13(16)15(11(5)6)12(7)8/h9-13H,1-8,16H3. The van der Waals surface area contributed by atoms with E-state index in [1.165, 1.54) is 10.2 Å². The Labute approximate surface area is 106 Å². The van der Waals surface area contributed by atoms with Crippen LogP contribution in [-0.2, 0) is 0 Å². The van der Waals surface area contributed by atoms with Crippen LogP contribution in [0.5, 0.6) is 0 Å². The van der Waals surface area contributed by atoms with Crippen molar-refractivity contribution in [3.8, 4) is 0 Å². The van der Waals surface area contributed by atoms with E-state index < -0.39 is 0 Å². The van der Waals surface area contributed by atoms with Crippen LogP contribution in [0.4, 0.5) is 0 Å². The first-order chi connectivity index (χ1) is 7.20. The van der Waals surface area contributed by atoms with Gasteiger partial charge in [0.1, 0.15) is 0 Å². The lowest BCUT2D eigenvalue weighted by Gasteiger charge is -2.46. The second-order valence-electron chi connectivity index (χ2n) is 5.90. The fourth-order valence-corrected chi connectivity index (χ4v) is 5.46. The Kier molecular flexibility index (Phi) is 6.83. The molecule has 0 N–H and O–H groups in total. The second-order valence-corrected chi connectivity index (χ2v) is 6.93. The average Bonchev–Trinajstić information content (AvgIpc) is 1.99. The molecule has 0 saturated heterocycles. The molecule has 98 valence electrons. The van der Waals surface area contributed by atoms with Gasteiger partial charge in [-0.3, -0.25) is 9.80 Å². The zero-order chi connectivity index (χ0) is 13.0. The fraction of sp³-hybridized carbons (Fsp3) is 1.00. The van der Waals surface area contributed by atoms with E-state index >= 15 is 0 Å². The Hall–Kier alpha value is 0.137. The van der Waals surface area contributed by atoms with Crippen LogP contribution >= 0.6 is 0 Å². The van der Waals surface area contributed by atoms with Crippen molar-refractivity contribution in [3.63, 3.8) is 0 Å². The lowest BCUT2D eigenvalue weighted by atomic mass is 10.2. The third-order valence-electron chi connectivity index (χ3n) is 3.25. The lowest BCUT2D eigenvalue weighted by molar-refractivity contribution is 0.0122. The number of hydrogen-bond donors (Lipinski definition) is 0. The van der Waals surface area contributed by atoms with E-state index in [-0.39, 0.29) is 0 Å². The van der Waals surface area contributed by atoms with Gasteiger partial charge in [-0.2, -0.15) is 0 Å². The van der Waals surface area contributed by atoms with Gasteiger partial charge in [0.05, 0.1) is 0 Å². The molecule has 0 aromatic heterocycles. The van der Waals surface area contributed by atoms with E-state index in [2.05, 4.69) is 65.2 Å². The molecule has 0 aliphatic heterocycles. The minimum atomic E-state index is 0.627. The molecule has 0 radical (unpaired) electrons. The first-order valence-corrected chi connectivity index (χ1v) is 7.90. The zero-order valence-corrected chi connectivity index (χ0v) is 14.8. The summed E-state index contributed by atoms with van der Waals surface area (Å²) in [5.74, 6) is 0.639. The Bertz CT molecular complexity index is 154. The van der Waals surface area contributed by atoms with Crippen LogP contribution in [0.2, 0.25) is 0 Å². The van der Waals surface area contributed by atoms with Gasteiger partial charge in [0.15, 0.2) is 0 Å². The van der Waals surface area contributed by atoms with Crippen molar-refractivity contribution in [2.75, 3.05) is 0 Å². The minimum absolute atomic E-state index is 0.627. The van der Waals surface area contributed by atoms with Crippen molar-refractivity contribution in [2.24, 2.45) is 0 Å². The molecule has 0 rings (SSSR count). The summed E-state index contributed by atoms with van der Waals surface area (Å²) in [6.07, 6.45) is 0. The maximum atomic E-state index is 2.65. The van der Waals surface area contributed by atoms with Gasteiger partial charge in [-0.1, -0.05) is 0 Å². The molecule has 0 aromatic rings. The van der Waals surface area contributed by atoms with Crippen LogP contribution in [0.3, 0.4) is 0 Å².